The molecule has 48 valence electrons. The average molecular weight is 115 g/mol. The van der Waals surface area contributed by atoms with Gasteiger partial charge in [-0.3, -0.25) is 17.2 Å². The van der Waals surface area contributed by atoms with E-state index in [4.69, 9.17) is 17.2 Å². The first-order chi connectivity index (χ1) is 3.56. The zero-order valence-electron chi connectivity index (χ0n) is 5.09. The van der Waals surface area contributed by atoms with Gasteiger partial charge in [-0.25, -0.2) is 0 Å². The van der Waals surface area contributed by atoms with E-state index in [1.165, 1.54) is 0 Å². The molecule has 0 aromatic heterocycles. The van der Waals surface area contributed by atoms with Crippen molar-refractivity contribution in [3.05, 3.63) is 12.2 Å². The van der Waals surface area contributed by atoms with Gasteiger partial charge >= 0.3 is 0 Å². The van der Waals surface area contributed by atoms with Gasteiger partial charge in [-0.2, -0.15) is 0 Å². The largest absolute Gasteiger partial charge is 0.298 e. The Morgan fingerprint density at radius 1 is 1.38 bits per heavy atom. The van der Waals surface area contributed by atoms with Gasteiger partial charge in [0.25, 0.3) is 0 Å². The fourth-order valence-electron chi connectivity index (χ4n) is 0.322. The summed E-state index contributed by atoms with van der Waals surface area (Å²) < 4.78 is 0. The molecule has 0 atom stereocenters. The molecule has 0 aromatic rings. The van der Waals surface area contributed by atoms with Gasteiger partial charge in [-0.15, -0.1) is 0 Å². The minimum absolute atomic E-state index is 0.910. The molecule has 0 radical (unpaired) electrons. The number of hydrogen-bond acceptors (Lipinski definition) is 3. The maximum absolute atomic E-state index is 5.19. The van der Waals surface area contributed by atoms with E-state index in [0.717, 1.165) is 6.42 Å². The lowest BCUT2D eigenvalue weighted by atomic mass is 10.3. The highest BCUT2D eigenvalue weighted by Crippen LogP contribution is 1.83. The Bertz CT molecular complexity index is 80.2. The normalized spacial score (nSPS) is 13.0. The van der Waals surface area contributed by atoms with Crippen LogP contribution >= 0.6 is 0 Å². The molecule has 0 aliphatic heterocycles. The van der Waals surface area contributed by atoms with Crippen molar-refractivity contribution < 1.29 is 0 Å². The highest BCUT2D eigenvalue weighted by atomic mass is 15.1. The number of hydrogen-bond donors (Lipinski definition) is 3. The van der Waals surface area contributed by atoms with E-state index < -0.39 is 5.79 Å². The van der Waals surface area contributed by atoms with Crippen molar-refractivity contribution in [1.82, 2.24) is 0 Å². The summed E-state index contributed by atoms with van der Waals surface area (Å²) in [6.45, 7) is 1.99. The summed E-state index contributed by atoms with van der Waals surface area (Å²) in [6.07, 6.45) is 4.32. The van der Waals surface area contributed by atoms with Crippen LogP contribution in [0.3, 0.4) is 0 Å². The van der Waals surface area contributed by atoms with Crippen LogP contribution in [0.1, 0.15) is 13.3 Å². The molecule has 0 aliphatic carbocycles. The average Bonchev–Trinajstić information content (AvgIpc) is 1.59. The molecule has 0 rings (SSSR count). The van der Waals surface area contributed by atoms with Gasteiger partial charge in [0.05, 0.1) is 0 Å². The predicted molar refractivity (Wildman–Crippen MR) is 34.7 cm³/mol. The summed E-state index contributed by atoms with van der Waals surface area (Å²) in [5.74, 6) is -1.13. The molecular weight excluding hydrogens is 102 g/mol. The molecule has 6 N–H and O–H groups in total. The third-order valence-corrected chi connectivity index (χ3v) is 0.642. The van der Waals surface area contributed by atoms with Crippen LogP contribution in [0.2, 0.25) is 0 Å². The van der Waals surface area contributed by atoms with Crippen molar-refractivity contribution >= 4 is 0 Å². The van der Waals surface area contributed by atoms with Crippen molar-refractivity contribution in [3.8, 4) is 0 Å². The Morgan fingerprint density at radius 2 is 1.88 bits per heavy atom. The monoisotopic (exact) mass is 115 g/mol. The van der Waals surface area contributed by atoms with Crippen molar-refractivity contribution in [3.63, 3.8) is 0 Å². The molecule has 0 aliphatic rings. The fraction of sp³-hybridized carbons (Fsp3) is 0.600. The van der Waals surface area contributed by atoms with Gasteiger partial charge in [0.1, 0.15) is 5.79 Å². The lowest BCUT2D eigenvalue weighted by Gasteiger charge is -2.11. The second kappa shape index (κ2) is 2.81. The molecule has 0 saturated heterocycles. The number of nitrogens with two attached hydrogens (primary N) is 3. The maximum atomic E-state index is 5.19. The second-order valence-electron chi connectivity index (χ2n) is 1.81. The molecule has 0 spiro atoms. The van der Waals surface area contributed by atoms with Crippen LogP contribution in [0, 0.1) is 0 Å². The number of allylic oxidation sites excluding steroid dienone is 1. The third kappa shape index (κ3) is 5.62. The molecule has 0 aromatic carbocycles. The van der Waals surface area contributed by atoms with Gasteiger partial charge in [-0.05, 0) is 12.5 Å². The Morgan fingerprint density at radius 3 is 2.00 bits per heavy atom. The van der Waals surface area contributed by atoms with Crippen molar-refractivity contribution in [2.24, 2.45) is 17.2 Å². The molecular formula is C5H13N3. The van der Waals surface area contributed by atoms with E-state index in [-0.39, 0.29) is 0 Å². The van der Waals surface area contributed by atoms with Gasteiger partial charge in [0.15, 0.2) is 0 Å². The number of rotatable bonds is 2. The van der Waals surface area contributed by atoms with E-state index in [1.54, 1.807) is 6.08 Å². The Balaban J connectivity index is 3.52. The Hall–Kier alpha value is -0.380. The minimum Gasteiger partial charge on any atom is -0.298 e. The standard InChI is InChI=1S/C5H13N3/c1-2-3-4-5(6,7)8/h3-4H,2,6-8H2,1H3. The summed E-state index contributed by atoms with van der Waals surface area (Å²) in [5, 5.41) is 0. The summed E-state index contributed by atoms with van der Waals surface area (Å²) in [6, 6.07) is 0. The smallest absolute Gasteiger partial charge is 0.135 e. The van der Waals surface area contributed by atoms with E-state index in [1.807, 2.05) is 13.0 Å². The van der Waals surface area contributed by atoms with Crippen LogP contribution in [-0.2, 0) is 0 Å². The third-order valence-electron chi connectivity index (χ3n) is 0.642. The van der Waals surface area contributed by atoms with Gasteiger partial charge in [0.2, 0.25) is 0 Å². The van der Waals surface area contributed by atoms with Crippen LogP contribution in [0.4, 0.5) is 0 Å². The quantitative estimate of drug-likeness (QED) is 0.335. The lowest BCUT2D eigenvalue weighted by Crippen LogP contribution is -2.56. The van der Waals surface area contributed by atoms with Gasteiger partial charge in [-0.1, -0.05) is 13.0 Å². The topological polar surface area (TPSA) is 78.1 Å². The van der Waals surface area contributed by atoms with Gasteiger partial charge < -0.3 is 0 Å². The Kier molecular flexibility index (Phi) is 2.68. The zero-order valence-corrected chi connectivity index (χ0v) is 5.09. The second-order valence-corrected chi connectivity index (χ2v) is 1.81. The van der Waals surface area contributed by atoms with Crippen LogP contribution in [-0.4, -0.2) is 5.79 Å². The van der Waals surface area contributed by atoms with Crippen LogP contribution < -0.4 is 17.2 Å². The van der Waals surface area contributed by atoms with Crippen LogP contribution in [0.5, 0.6) is 0 Å². The first-order valence-corrected chi connectivity index (χ1v) is 2.60. The lowest BCUT2D eigenvalue weighted by molar-refractivity contribution is 0.581. The van der Waals surface area contributed by atoms with E-state index in [2.05, 4.69) is 0 Å². The SMILES string of the molecule is CCC=CC(N)(N)N. The van der Waals surface area contributed by atoms with E-state index in [0.29, 0.717) is 0 Å². The van der Waals surface area contributed by atoms with Crippen molar-refractivity contribution in [2.75, 3.05) is 0 Å². The molecule has 0 unspecified atom stereocenters. The molecule has 0 amide bonds. The minimum atomic E-state index is -1.13. The highest BCUT2D eigenvalue weighted by Gasteiger charge is 2.02. The highest BCUT2D eigenvalue weighted by molar-refractivity contribution is 4.95. The Labute approximate surface area is 49.5 Å². The van der Waals surface area contributed by atoms with E-state index in [9.17, 15) is 0 Å². The molecule has 0 heterocycles. The first kappa shape index (κ1) is 7.62. The van der Waals surface area contributed by atoms with Crippen molar-refractivity contribution in [2.45, 2.75) is 19.1 Å². The molecule has 0 fully saturated rings. The molecule has 8 heavy (non-hydrogen) atoms. The molecule has 3 nitrogen and oxygen atoms in total. The fourth-order valence-corrected chi connectivity index (χ4v) is 0.322. The summed E-state index contributed by atoms with van der Waals surface area (Å²) in [5.41, 5.74) is 15.6. The van der Waals surface area contributed by atoms with Crippen LogP contribution in [0.25, 0.3) is 0 Å². The zero-order chi connectivity index (χ0) is 6.62. The summed E-state index contributed by atoms with van der Waals surface area (Å²) >= 11 is 0. The summed E-state index contributed by atoms with van der Waals surface area (Å²) in [4.78, 5) is 0. The molecule has 0 bridgehead atoms. The summed E-state index contributed by atoms with van der Waals surface area (Å²) in [7, 11) is 0. The maximum Gasteiger partial charge on any atom is 0.135 e. The molecule has 3 heteroatoms. The van der Waals surface area contributed by atoms with Crippen LogP contribution in [0.15, 0.2) is 12.2 Å². The first-order valence-electron chi connectivity index (χ1n) is 2.60. The van der Waals surface area contributed by atoms with Crippen molar-refractivity contribution in [1.29, 1.82) is 0 Å². The van der Waals surface area contributed by atoms with Gasteiger partial charge in [0, 0.05) is 0 Å². The predicted octanol–water partition coefficient (Wildman–Crippen LogP) is -0.517. The molecule has 0 saturated carbocycles. The van der Waals surface area contributed by atoms with E-state index >= 15 is 0 Å².